The minimum atomic E-state index is -0.0121. The predicted molar refractivity (Wildman–Crippen MR) is 181 cm³/mol. The normalized spacial score (nSPS) is 11.2. The molecule has 8 aromatic rings. The first-order valence-electron chi connectivity index (χ1n) is 14.7. The molecule has 0 radical (unpaired) electrons. The maximum atomic E-state index is 12.9. The SMILES string of the molecule is O=c1c2ccccc2oc2cc(-c3ccc(-c4ccc(-c5nc(-c6ccccc6)nc(-c6ccccc6)n5)cc4)cc3)ccc12. The Labute approximate surface area is 259 Å². The molecular weight excluding hydrogens is 554 g/mol. The van der Waals surface area contributed by atoms with Gasteiger partial charge < -0.3 is 4.42 Å². The molecule has 0 fully saturated rings. The Morgan fingerprint density at radius 3 is 1.31 bits per heavy atom. The highest BCUT2D eigenvalue weighted by Crippen LogP contribution is 2.30. The summed E-state index contributed by atoms with van der Waals surface area (Å²) in [7, 11) is 0. The second-order valence-corrected chi connectivity index (χ2v) is 10.8. The van der Waals surface area contributed by atoms with E-state index in [2.05, 4.69) is 48.5 Å². The van der Waals surface area contributed by atoms with E-state index in [4.69, 9.17) is 19.4 Å². The number of aromatic nitrogens is 3. The van der Waals surface area contributed by atoms with E-state index in [-0.39, 0.29) is 5.43 Å². The molecule has 2 heterocycles. The van der Waals surface area contributed by atoms with Crippen molar-refractivity contribution in [2.24, 2.45) is 0 Å². The Kier molecular flexibility index (Phi) is 6.54. The number of rotatable bonds is 5. The van der Waals surface area contributed by atoms with Crippen LogP contribution in [0.15, 0.2) is 161 Å². The van der Waals surface area contributed by atoms with E-state index in [1.807, 2.05) is 97.1 Å². The number of hydrogen-bond acceptors (Lipinski definition) is 5. The fourth-order valence-corrected chi connectivity index (χ4v) is 5.59. The number of benzene rings is 6. The fraction of sp³-hybridized carbons (Fsp3) is 0. The van der Waals surface area contributed by atoms with Crippen LogP contribution < -0.4 is 5.43 Å². The number of nitrogens with zero attached hydrogens (tertiary/aromatic N) is 3. The maximum absolute atomic E-state index is 12.9. The third-order valence-corrected chi connectivity index (χ3v) is 7.97. The number of fused-ring (bicyclic) bond motifs is 2. The highest BCUT2D eigenvalue weighted by molar-refractivity contribution is 5.91. The van der Waals surface area contributed by atoms with Crippen molar-refractivity contribution in [3.63, 3.8) is 0 Å². The molecule has 6 aromatic carbocycles. The number of hydrogen-bond donors (Lipinski definition) is 0. The van der Waals surface area contributed by atoms with E-state index in [0.717, 1.165) is 38.9 Å². The Bertz CT molecular complexity index is 2310. The molecular formula is C40H25N3O2. The molecule has 212 valence electrons. The van der Waals surface area contributed by atoms with Crippen molar-refractivity contribution < 1.29 is 4.42 Å². The summed E-state index contributed by atoms with van der Waals surface area (Å²) in [4.78, 5) is 27.4. The Balaban J connectivity index is 1.10. The lowest BCUT2D eigenvalue weighted by atomic mass is 9.98. The maximum Gasteiger partial charge on any atom is 0.200 e. The van der Waals surface area contributed by atoms with Crippen molar-refractivity contribution in [1.29, 1.82) is 0 Å². The monoisotopic (exact) mass is 579 g/mol. The van der Waals surface area contributed by atoms with E-state index in [1.54, 1.807) is 6.07 Å². The smallest absolute Gasteiger partial charge is 0.200 e. The molecule has 2 aromatic heterocycles. The number of para-hydroxylation sites is 1. The molecule has 0 amide bonds. The van der Waals surface area contributed by atoms with E-state index in [1.165, 1.54) is 0 Å². The Hall–Kier alpha value is -6.20. The first-order chi connectivity index (χ1) is 22.2. The second kappa shape index (κ2) is 11.1. The van der Waals surface area contributed by atoms with Crippen LogP contribution in [0.5, 0.6) is 0 Å². The van der Waals surface area contributed by atoms with Crippen molar-refractivity contribution in [1.82, 2.24) is 15.0 Å². The molecule has 0 bridgehead atoms. The topological polar surface area (TPSA) is 68.9 Å². The zero-order valence-electron chi connectivity index (χ0n) is 24.1. The van der Waals surface area contributed by atoms with Gasteiger partial charge >= 0.3 is 0 Å². The van der Waals surface area contributed by atoms with Gasteiger partial charge in [0.25, 0.3) is 0 Å². The summed E-state index contributed by atoms with van der Waals surface area (Å²) in [5.41, 5.74) is 8.17. The Morgan fingerprint density at radius 2 is 0.756 bits per heavy atom. The molecule has 0 saturated heterocycles. The third kappa shape index (κ3) is 5.07. The lowest BCUT2D eigenvalue weighted by Crippen LogP contribution is -2.01. The summed E-state index contributed by atoms with van der Waals surface area (Å²) >= 11 is 0. The van der Waals surface area contributed by atoms with Gasteiger partial charge in [0.2, 0.25) is 5.43 Å². The summed E-state index contributed by atoms with van der Waals surface area (Å²) in [5, 5.41) is 1.18. The van der Waals surface area contributed by atoms with Crippen LogP contribution in [0.4, 0.5) is 0 Å². The average Bonchev–Trinajstić information content (AvgIpc) is 3.12. The highest BCUT2D eigenvalue weighted by Gasteiger charge is 2.13. The minimum absolute atomic E-state index is 0.0121. The van der Waals surface area contributed by atoms with Gasteiger partial charge in [0.05, 0.1) is 10.8 Å². The van der Waals surface area contributed by atoms with E-state index >= 15 is 0 Å². The molecule has 0 saturated carbocycles. The van der Waals surface area contributed by atoms with E-state index in [0.29, 0.717) is 39.4 Å². The van der Waals surface area contributed by atoms with Gasteiger partial charge in [-0.25, -0.2) is 15.0 Å². The van der Waals surface area contributed by atoms with Gasteiger partial charge in [-0.15, -0.1) is 0 Å². The molecule has 45 heavy (non-hydrogen) atoms. The molecule has 0 unspecified atom stereocenters. The first kappa shape index (κ1) is 26.4. The van der Waals surface area contributed by atoms with Crippen molar-refractivity contribution >= 4 is 21.9 Å². The van der Waals surface area contributed by atoms with Gasteiger partial charge in [-0.1, -0.05) is 127 Å². The zero-order valence-corrected chi connectivity index (χ0v) is 24.1. The van der Waals surface area contributed by atoms with Gasteiger partial charge in [-0.3, -0.25) is 4.79 Å². The van der Waals surface area contributed by atoms with Crippen LogP contribution in [0.2, 0.25) is 0 Å². The molecule has 5 heteroatoms. The van der Waals surface area contributed by atoms with Crippen molar-refractivity contribution in [2.75, 3.05) is 0 Å². The van der Waals surface area contributed by atoms with Crippen LogP contribution in [-0.4, -0.2) is 15.0 Å². The summed E-state index contributed by atoms with van der Waals surface area (Å²) in [5.74, 6) is 1.90. The minimum Gasteiger partial charge on any atom is -0.456 e. The van der Waals surface area contributed by atoms with Crippen molar-refractivity contribution in [2.45, 2.75) is 0 Å². The van der Waals surface area contributed by atoms with E-state index < -0.39 is 0 Å². The average molecular weight is 580 g/mol. The van der Waals surface area contributed by atoms with Gasteiger partial charge in [0.15, 0.2) is 17.5 Å². The van der Waals surface area contributed by atoms with Gasteiger partial charge in [-0.05, 0) is 46.5 Å². The summed E-state index contributed by atoms with van der Waals surface area (Å²) in [6.07, 6.45) is 0. The quantitative estimate of drug-likeness (QED) is 0.190. The van der Waals surface area contributed by atoms with Crippen LogP contribution >= 0.6 is 0 Å². The van der Waals surface area contributed by atoms with Crippen LogP contribution in [0.25, 0.3) is 78.4 Å². The predicted octanol–water partition coefficient (Wildman–Crippen LogP) is 9.47. The zero-order chi connectivity index (χ0) is 30.2. The molecule has 5 nitrogen and oxygen atoms in total. The molecule has 0 spiro atoms. The third-order valence-electron chi connectivity index (χ3n) is 7.97. The molecule has 8 rings (SSSR count). The second-order valence-electron chi connectivity index (χ2n) is 10.8. The van der Waals surface area contributed by atoms with Gasteiger partial charge in [-0.2, -0.15) is 0 Å². The largest absolute Gasteiger partial charge is 0.456 e. The van der Waals surface area contributed by atoms with Crippen LogP contribution in [0, 0.1) is 0 Å². The standard InChI is InChI=1S/C40H25N3O2/c44-37-33-13-7-8-14-35(33)45-36-25-32(23-24-34(36)37)28-17-15-26(16-18-28)27-19-21-31(22-20-27)40-42-38(29-9-3-1-4-10-29)41-39(43-40)30-11-5-2-6-12-30/h1-25H. The first-order valence-corrected chi connectivity index (χ1v) is 14.7. The Morgan fingerprint density at radius 1 is 0.356 bits per heavy atom. The molecule has 0 aliphatic rings. The summed E-state index contributed by atoms with van der Waals surface area (Å²) in [6, 6.07) is 49.8. The molecule has 0 N–H and O–H groups in total. The summed E-state index contributed by atoms with van der Waals surface area (Å²) in [6.45, 7) is 0. The van der Waals surface area contributed by atoms with Gasteiger partial charge in [0.1, 0.15) is 11.2 Å². The highest BCUT2D eigenvalue weighted by atomic mass is 16.3. The van der Waals surface area contributed by atoms with Crippen LogP contribution in [0.1, 0.15) is 0 Å². The van der Waals surface area contributed by atoms with Crippen molar-refractivity contribution in [3.8, 4) is 56.4 Å². The summed E-state index contributed by atoms with van der Waals surface area (Å²) < 4.78 is 6.08. The van der Waals surface area contributed by atoms with Gasteiger partial charge in [0, 0.05) is 16.7 Å². The molecule has 0 aliphatic heterocycles. The lowest BCUT2D eigenvalue weighted by Gasteiger charge is -2.09. The van der Waals surface area contributed by atoms with E-state index in [9.17, 15) is 4.79 Å². The van der Waals surface area contributed by atoms with Crippen LogP contribution in [-0.2, 0) is 0 Å². The van der Waals surface area contributed by atoms with Crippen molar-refractivity contribution in [3.05, 3.63) is 162 Å². The lowest BCUT2D eigenvalue weighted by molar-refractivity contribution is 0.660. The molecule has 0 aliphatic carbocycles. The fourth-order valence-electron chi connectivity index (χ4n) is 5.59. The van der Waals surface area contributed by atoms with Crippen LogP contribution in [0.3, 0.4) is 0 Å². The molecule has 0 atom stereocenters.